The van der Waals surface area contributed by atoms with Gasteiger partial charge in [-0.1, -0.05) is 12.1 Å². The highest BCUT2D eigenvalue weighted by Crippen LogP contribution is 2.20. The van der Waals surface area contributed by atoms with Gasteiger partial charge in [-0.25, -0.2) is 13.6 Å². The first-order valence-electron chi connectivity index (χ1n) is 4.37. The van der Waals surface area contributed by atoms with Gasteiger partial charge in [-0.3, -0.25) is 4.98 Å². The first kappa shape index (κ1) is 10.1. The Labute approximate surface area is 87.8 Å². The maximum atomic E-state index is 11.3. The lowest BCUT2D eigenvalue weighted by molar-refractivity contribution is 0.598. The van der Waals surface area contributed by atoms with Crippen LogP contribution in [0.2, 0.25) is 0 Å². The molecule has 0 bridgehead atoms. The zero-order chi connectivity index (χ0) is 11.1. The van der Waals surface area contributed by atoms with E-state index in [4.69, 9.17) is 5.14 Å². The van der Waals surface area contributed by atoms with Crippen molar-refractivity contribution in [3.05, 3.63) is 36.0 Å². The Balaban J connectivity index is 2.89. The molecule has 0 radical (unpaired) electrons. The highest BCUT2D eigenvalue weighted by Gasteiger charge is 2.12. The second kappa shape index (κ2) is 3.29. The van der Waals surface area contributed by atoms with Gasteiger partial charge >= 0.3 is 0 Å². The molecule has 0 amide bonds. The van der Waals surface area contributed by atoms with Crippen molar-refractivity contribution < 1.29 is 8.42 Å². The van der Waals surface area contributed by atoms with Gasteiger partial charge in [0.15, 0.2) is 0 Å². The van der Waals surface area contributed by atoms with Crippen LogP contribution in [0, 0.1) is 6.92 Å². The number of para-hydroxylation sites is 1. The zero-order valence-corrected chi connectivity index (χ0v) is 8.95. The molecule has 0 saturated carbocycles. The molecule has 2 N–H and O–H groups in total. The molecule has 0 aliphatic heterocycles. The van der Waals surface area contributed by atoms with Gasteiger partial charge in [0.25, 0.3) is 0 Å². The number of hydrogen-bond donors (Lipinski definition) is 1. The number of nitrogens with two attached hydrogens (primary N) is 1. The summed E-state index contributed by atoms with van der Waals surface area (Å²) in [5.41, 5.74) is 1.40. The minimum Gasteiger partial charge on any atom is -0.255 e. The lowest BCUT2D eigenvalue weighted by Gasteiger charge is -2.03. The third-order valence-corrected chi connectivity index (χ3v) is 3.06. The van der Waals surface area contributed by atoms with Gasteiger partial charge < -0.3 is 0 Å². The topological polar surface area (TPSA) is 73.0 Å². The summed E-state index contributed by atoms with van der Waals surface area (Å²) in [4.78, 5) is 4.16. The van der Waals surface area contributed by atoms with Crippen molar-refractivity contribution in [3.8, 4) is 0 Å². The van der Waals surface area contributed by atoms with Gasteiger partial charge in [0, 0.05) is 11.6 Å². The highest BCUT2D eigenvalue weighted by atomic mass is 32.2. The van der Waals surface area contributed by atoms with Crippen LogP contribution in [0.1, 0.15) is 5.56 Å². The monoisotopic (exact) mass is 222 g/mol. The molecule has 1 aromatic carbocycles. The normalized spacial score (nSPS) is 11.9. The van der Waals surface area contributed by atoms with Crippen molar-refractivity contribution in [1.29, 1.82) is 0 Å². The van der Waals surface area contributed by atoms with Gasteiger partial charge in [-0.05, 0) is 24.6 Å². The minimum atomic E-state index is -3.70. The molecule has 2 aromatic rings. The largest absolute Gasteiger partial charge is 0.255 e. The van der Waals surface area contributed by atoms with E-state index in [2.05, 4.69) is 4.98 Å². The van der Waals surface area contributed by atoms with E-state index in [0.29, 0.717) is 5.52 Å². The molecule has 1 aromatic heterocycles. The maximum Gasteiger partial charge on any atom is 0.240 e. The van der Waals surface area contributed by atoms with Gasteiger partial charge in [0.1, 0.15) is 4.90 Å². The smallest absolute Gasteiger partial charge is 0.240 e. The van der Waals surface area contributed by atoms with Crippen molar-refractivity contribution in [2.24, 2.45) is 5.14 Å². The van der Waals surface area contributed by atoms with E-state index in [-0.39, 0.29) is 4.90 Å². The summed E-state index contributed by atoms with van der Waals surface area (Å²) in [5, 5.41) is 5.87. The summed E-state index contributed by atoms with van der Waals surface area (Å²) >= 11 is 0. The predicted octanol–water partition coefficient (Wildman–Crippen LogP) is 1.19. The first-order valence-corrected chi connectivity index (χ1v) is 5.91. The van der Waals surface area contributed by atoms with E-state index in [9.17, 15) is 8.42 Å². The molecule has 1 heterocycles. The Hall–Kier alpha value is -1.46. The lowest BCUT2D eigenvalue weighted by atomic mass is 10.2. The van der Waals surface area contributed by atoms with Gasteiger partial charge in [0.2, 0.25) is 10.0 Å². The molecule has 0 atom stereocenters. The number of nitrogens with zero attached hydrogens (tertiary/aromatic N) is 1. The molecule has 78 valence electrons. The fourth-order valence-electron chi connectivity index (χ4n) is 1.47. The van der Waals surface area contributed by atoms with Gasteiger partial charge in [0.05, 0.1) is 5.52 Å². The molecule has 0 aliphatic rings. The van der Waals surface area contributed by atoms with Crippen molar-refractivity contribution >= 4 is 20.9 Å². The molecule has 4 nitrogen and oxygen atoms in total. The molecule has 0 spiro atoms. The fraction of sp³-hybridized carbons (Fsp3) is 0.100. The summed E-state index contributed by atoms with van der Waals surface area (Å²) in [6, 6.07) is 6.80. The Morgan fingerprint density at radius 3 is 2.73 bits per heavy atom. The van der Waals surface area contributed by atoms with Crippen LogP contribution in [0.15, 0.2) is 35.4 Å². The second-order valence-electron chi connectivity index (χ2n) is 3.39. The third kappa shape index (κ3) is 1.84. The number of sulfonamides is 1. The van der Waals surface area contributed by atoms with Crippen molar-refractivity contribution in [2.75, 3.05) is 0 Å². The van der Waals surface area contributed by atoms with E-state index in [1.54, 1.807) is 12.3 Å². The van der Waals surface area contributed by atoms with Crippen LogP contribution in [0.3, 0.4) is 0 Å². The van der Waals surface area contributed by atoms with Gasteiger partial charge in [-0.15, -0.1) is 0 Å². The Kier molecular flexibility index (Phi) is 2.21. The molecule has 0 fully saturated rings. The summed E-state index contributed by atoms with van der Waals surface area (Å²) in [5.74, 6) is 0. The zero-order valence-electron chi connectivity index (χ0n) is 8.14. The summed E-state index contributed by atoms with van der Waals surface area (Å²) < 4.78 is 22.5. The number of fused-ring (bicyclic) bond motifs is 1. The number of aromatic nitrogens is 1. The molecule has 0 unspecified atom stereocenters. The van der Waals surface area contributed by atoms with E-state index >= 15 is 0 Å². The standard InChI is InChI=1S/C10H10N2O2S/c1-7-5-8-3-2-4-9(15(11,13)14)10(8)12-6-7/h2-6H,1H3,(H2,11,13,14). The van der Waals surface area contributed by atoms with Crippen LogP contribution < -0.4 is 5.14 Å². The fourth-order valence-corrected chi connectivity index (χ4v) is 2.18. The van der Waals surface area contributed by atoms with Crippen molar-refractivity contribution in [2.45, 2.75) is 11.8 Å². The van der Waals surface area contributed by atoms with Crippen LogP contribution in [0.25, 0.3) is 10.9 Å². The molecular formula is C10H10N2O2S. The van der Waals surface area contributed by atoms with Crippen LogP contribution in [-0.4, -0.2) is 13.4 Å². The van der Waals surface area contributed by atoms with E-state index in [0.717, 1.165) is 10.9 Å². The summed E-state index contributed by atoms with van der Waals surface area (Å²) in [6.07, 6.45) is 1.62. The number of pyridine rings is 1. The molecule has 2 rings (SSSR count). The third-order valence-electron chi connectivity index (χ3n) is 2.12. The number of primary sulfonamides is 1. The second-order valence-corrected chi connectivity index (χ2v) is 4.92. The maximum absolute atomic E-state index is 11.3. The molecule has 0 saturated heterocycles. The van der Waals surface area contributed by atoms with Gasteiger partial charge in [-0.2, -0.15) is 0 Å². The van der Waals surface area contributed by atoms with Crippen LogP contribution in [0.5, 0.6) is 0 Å². The molecular weight excluding hydrogens is 212 g/mol. The highest BCUT2D eigenvalue weighted by molar-refractivity contribution is 7.89. The Morgan fingerprint density at radius 1 is 1.33 bits per heavy atom. The number of benzene rings is 1. The summed E-state index contributed by atoms with van der Waals surface area (Å²) in [6.45, 7) is 1.90. The van der Waals surface area contributed by atoms with E-state index in [1.165, 1.54) is 6.07 Å². The lowest BCUT2D eigenvalue weighted by Crippen LogP contribution is -2.12. The van der Waals surface area contributed by atoms with Crippen LogP contribution >= 0.6 is 0 Å². The van der Waals surface area contributed by atoms with Crippen molar-refractivity contribution in [1.82, 2.24) is 4.98 Å². The number of hydrogen-bond acceptors (Lipinski definition) is 3. The average Bonchev–Trinajstić information content (AvgIpc) is 2.15. The Bertz CT molecular complexity index is 620. The molecule has 5 heteroatoms. The predicted molar refractivity (Wildman–Crippen MR) is 57.9 cm³/mol. The Morgan fingerprint density at radius 2 is 2.07 bits per heavy atom. The average molecular weight is 222 g/mol. The summed E-state index contributed by atoms with van der Waals surface area (Å²) in [7, 11) is -3.70. The number of rotatable bonds is 1. The molecule has 0 aliphatic carbocycles. The SMILES string of the molecule is Cc1cnc2c(S(N)(=O)=O)cccc2c1. The quantitative estimate of drug-likeness (QED) is 0.787. The minimum absolute atomic E-state index is 0.0694. The van der Waals surface area contributed by atoms with E-state index in [1.807, 2.05) is 19.1 Å². The number of aryl methyl sites for hydroxylation is 1. The first-order chi connectivity index (χ1) is 6.98. The van der Waals surface area contributed by atoms with Crippen LogP contribution in [0.4, 0.5) is 0 Å². The molecule has 15 heavy (non-hydrogen) atoms. The van der Waals surface area contributed by atoms with E-state index < -0.39 is 10.0 Å². The van der Waals surface area contributed by atoms with Crippen molar-refractivity contribution in [3.63, 3.8) is 0 Å². The van der Waals surface area contributed by atoms with Crippen LogP contribution in [-0.2, 0) is 10.0 Å².